The van der Waals surface area contributed by atoms with Crippen molar-refractivity contribution in [2.75, 3.05) is 0 Å². The highest BCUT2D eigenvalue weighted by molar-refractivity contribution is 7.89. The van der Waals surface area contributed by atoms with Crippen LogP contribution in [0.4, 0.5) is 0 Å². The first kappa shape index (κ1) is 17.2. The maximum atomic E-state index is 12.3. The number of amides is 1. The number of hydrogen-bond acceptors (Lipinski definition) is 5. The van der Waals surface area contributed by atoms with Crippen molar-refractivity contribution in [3.63, 3.8) is 0 Å². The van der Waals surface area contributed by atoms with E-state index < -0.39 is 10.1 Å². The highest BCUT2D eigenvalue weighted by atomic mass is 32.3. The Morgan fingerprint density at radius 2 is 1.80 bits per heavy atom. The molecule has 3 rings (SSSR count). The first-order valence-corrected chi connectivity index (χ1v) is 9.73. The molecule has 0 fully saturated rings. The highest BCUT2D eigenvalue weighted by Crippen LogP contribution is 2.22. The fraction of sp³-hybridized carbons (Fsp3) is 0.0556. The molecule has 1 aromatic heterocycles. The summed E-state index contributed by atoms with van der Waals surface area (Å²) in [6.45, 7) is 0.387. The molecule has 1 amide bonds. The molecule has 2 aromatic carbocycles. The van der Waals surface area contributed by atoms with Crippen LogP contribution in [-0.4, -0.2) is 14.3 Å². The smallest absolute Gasteiger partial charge is 0.348 e. The van der Waals surface area contributed by atoms with Gasteiger partial charge in [0, 0.05) is 12.1 Å². The molecule has 0 saturated carbocycles. The first-order chi connectivity index (χ1) is 12.0. The van der Waals surface area contributed by atoms with E-state index in [4.69, 9.17) is 4.18 Å². The van der Waals surface area contributed by atoms with Gasteiger partial charge in [-0.1, -0.05) is 42.5 Å². The summed E-state index contributed by atoms with van der Waals surface area (Å²) < 4.78 is 29.5. The van der Waals surface area contributed by atoms with Gasteiger partial charge in [-0.05, 0) is 35.2 Å². The summed E-state index contributed by atoms with van der Waals surface area (Å²) in [6.07, 6.45) is 0. The monoisotopic (exact) mass is 373 g/mol. The molecule has 1 N–H and O–H groups in total. The van der Waals surface area contributed by atoms with E-state index in [1.165, 1.54) is 18.2 Å². The number of rotatable bonds is 6. The maximum Gasteiger partial charge on any atom is 0.348 e. The zero-order chi connectivity index (χ0) is 17.7. The van der Waals surface area contributed by atoms with Gasteiger partial charge in [0.1, 0.15) is 5.75 Å². The molecular formula is C18H15NO4S2. The topological polar surface area (TPSA) is 72.5 Å². The molecule has 0 radical (unpaired) electrons. The van der Waals surface area contributed by atoms with Crippen LogP contribution in [0, 0.1) is 0 Å². The van der Waals surface area contributed by atoms with E-state index in [2.05, 4.69) is 5.32 Å². The van der Waals surface area contributed by atoms with Crippen molar-refractivity contribution >= 4 is 27.4 Å². The van der Waals surface area contributed by atoms with E-state index in [1.54, 1.807) is 23.6 Å². The van der Waals surface area contributed by atoms with Crippen LogP contribution in [0.1, 0.15) is 15.9 Å². The second-order valence-corrected chi connectivity index (χ2v) is 7.89. The average molecular weight is 373 g/mol. The summed E-state index contributed by atoms with van der Waals surface area (Å²) in [5.41, 5.74) is 1.30. The Morgan fingerprint density at radius 1 is 1.00 bits per heavy atom. The molecule has 0 unspecified atom stereocenters. The van der Waals surface area contributed by atoms with Gasteiger partial charge in [-0.25, -0.2) is 0 Å². The van der Waals surface area contributed by atoms with E-state index in [9.17, 15) is 13.2 Å². The summed E-state index contributed by atoms with van der Waals surface area (Å²) in [6, 6.07) is 18.7. The Kier molecular flexibility index (Phi) is 5.16. The van der Waals surface area contributed by atoms with Crippen molar-refractivity contribution in [3.8, 4) is 5.75 Å². The third-order valence-electron chi connectivity index (χ3n) is 3.34. The van der Waals surface area contributed by atoms with E-state index >= 15 is 0 Å². The molecule has 0 aliphatic heterocycles. The predicted octanol–water partition coefficient (Wildman–Crippen LogP) is 3.45. The minimum Gasteiger partial charge on any atom is -0.378 e. The van der Waals surface area contributed by atoms with Crippen LogP contribution in [-0.2, 0) is 16.7 Å². The van der Waals surface area contributed by atoms with Crippen LogP contribution < -0.4 is 9.50 Å². The molecule has 0 bridgehead atoms. The molecule has 0 aliphatic rings. The van der Waals surface area contributed by atoms with Crippen molar-refractivity contribution in [3.05, 3.63) is 83.2 Å². The average Bonchev–Trinajstić information content (AvgIpc) is 3.16. The highest BCUT2D eigenvalue weighted by Gasteiger charge is 2.18. The lowest BCUT2D eigenvalue weighted by molar-refractivity contribution is 0.0950. The van der Waals surface area contributed by atoms with Crippen LogP contribution in [0.3, 0.4) is 0 Å². The quantitative estimate of drug-likeness (QED) is 0.672. The van der Waals surface area contributed by atoms with Gasteiger partial charge in [-0.2, -0.15) is 8.42 Å². The van der Waals surface area contributed by atoms with Crippen LogP contribution in [0.5, 0.6) is 5.75 Å². The molecule has 128 valence electrons. The molecule has 5 nitrogen and oxygen atoms in total. The van der Waals surface area contributed by atoms with Gasteiger partial charge >= 0.3 is 10.1 Å². The zero-order valence-corrected chi connectivity index (χ0v) is 14.7. The molecule has 0 saturated heterocycles. The first-order valence-electron chi connectivity index (χ1n) is 7.45. The Bertz CT molecular complexity index is 952. The number of carbonyl (C=O) groups is 1. The summed E-state index contributed by atoms with van der Waals surface area (Å²) in [5.74, 6) is -0.205. The lowest BCUT2D eigenvalue weighted by atomic mass is 10.2. The molecular weight excluding hydrogens is 358 g/mol. The Morgan fingerprint density at radius 3 is 2.52 bits per heavy atom. The lowest BCUT2D eigenvalue weighted by Gasteiger charge is -2.08. The second kappa shape index (κ2) is 7.50. The third-order valence-corrected chi connectivity index (χ3v) is 5.94. The Labute approximate surface area is 150 Å². The summed E-state index contributed by atoms with van der Waals surface area (Å²) >= 11 is 1.07. The van der Waals surface area contributed by atoms with Crippen LogP contribution in [0.25, 0.3) is 0 Å². The van der Waals surface area contributed by atoms with Gasteiger partial charge < -0.3 is 9.50 Å². The number of hydrogen-bond donors (Lipinski definition) is 1. The zero-order valence-electron chi connectivity index (χ0n) is 13.1. The Hall–Kier alpha value is -2.64. The fourth-order valence-corrected chi connectivity index (χ4v) is 4.02. The minimum atomic E-state index is -3.88. The SMILES string of the molecule is O=C(NCc1ccccc1)c1cccc(OS(=O)(=O)c2cccs2)c1. The molecule has 0 atom stereocenters. The van der Waals surface area contributed by atoms with E-state index in [-0.39, 0.29) is 15.9 Å². The summed E-state index contributed by atoms with van der Waals surface area (Å²) in [5, 5.41) is 4.45. The van der Waals surface area contributed by atoms with E-state index in [0.29, 0.717) is 12.1 Å². The number of benzene rings is 2. The standard InChI is InChI=1S/C18H15NO4S2/c20-18(19-13-14-6-2-1-3-7-14)15-8-4-9-16(12-15)23-25(21,22)17-10-5-11-24-17/h1-12H,13H2,(H,19,20). The van der Waals surface area contributed by atoms with Crippen molar-refractivity contribution < 1.29 is 17.4 Å². The molecule has 3 aromatic rings. The number of carbonyl (C=O) groups excluding carboxylic acids is 1. The van der Waals surface area contributed by atoms with Crippen molar-refractivity contribution in [1.82, 2.24) is 5.32 Å². The summed E-state index contributed by atoms with van der Waals surface area (Å²) in [4.78, 5) is 12.3. The van der Waals surface area contributed by atoms with Gasteiger partial charge in [0.15, 0.2) is 4.21 Å². The van der Waals surface area contributed by atoms with Gasteiger partial charge in [-0.15, -0.1) is 11.3 Å². The minimum absolute atomic E-state index is 0.0979. The fourth-order valence-electron chi connectivity index (χ4n) is 2.14. The van der Waals surface area contributed by atoms with Crippen molar-refractivity contribution in [2.45, 2.75) is 10.8 Å². The number of thiophene rings is 1. The molecule has 0 spiro atoms. The second-order valence-electron chi connectivity index (χ2n) is 5.17. The largest absolute Gasteiger partial charge is 0.378 e. The van der Waals surface area contributed by atoms with Crippen LogP contribution >= 0.6 is 11.3 Å². The molecule has 0 aliphatic carbocycles. The molecule has 25 heavy (non-hydrogen) atoms. The van der Waals surface area contributed by atoms with E-state index in [0.717, 1.165) is 16.9 Å². The van der Waals surface area contributed by atoms with Crippen molar-refractivity contribution in [1.29, 1.82) is 0 Å². The van der Waals surface area contributed by atoms with E-state index in [1.807, 2.05) is 30.3 Å². The van der Waals surface area contributed by atoms with Crippen LogP contribution in [0.15, 0.2) is 76.3 Å². The Balaban J connectivity index is 1.70. The third kappa shape index (κ3) is 4.46. The van der Waals surface area contributed by atoms with Gasteiger partial charge in [-0.3, -0.25) is 4.79 Å². The molecule has 7 heteroatoms. The molecule has 1 heterocycles. The summed E-state index contributed by atoms with van der Waals surface area (Å²) in [7, 11) is -3.88. The van der Waals surface area contributed by atoms with Gasteiger partial charge in [0.2, 0.25) is 0 Å². The lowest BCUT2D eigenvalue weighted by Crippen LogP contribution is -2.22. The van der Waals surface area contributed by atoms with Crippen LogP contribution in [0.2, 0.25) is 0 Å². The van der Waals surface area contributed by atoms with Gasteiger partial charge in [0.05, 0.1) is 0 Å². The maximum absolute atomic E-state index is 12.3. The van der Waals surface area contributed by atoms with Gasteiger partial charge in [0.25, 0.3) is 5.91 Å². The van der Waals surface area contributed by atoms with Crippen molar-refractivity contribution in [2.24, 2.45) is 0 Å². The normalized spacial score (nSPS) is 11.0. The predicted molar refractivity (Wildman–Crippen MR) is 96.2 cm³/mol. The number of nitrogens with one attached hydrogen (secondary N) is 1.